The van der Waals surface area contributed by atoms with Gasteiger partial charge in [-0.05, 0) is 36.8 Å². The Morgan fingerprint density at radius 1 is 1.35 bits per heavy atom. The van der Waals surface area contributed by atoms with Crippen LogP contribution in [0.15, 0.2) is 18.2 Å². The lowest BCUT2D eigenvalue weighted by molar-refractivity contribution is 0.307. The van der Waals surface area contributed by atoms with Gasteiger partial charge in [0, 0.05) is 6.54 Å². The van der Waals surface area contributed by atoms with Gasteiger partial charge >= 0.3 is 0 Å². The fourth-order valence-electron chi connectivity index (χ4n) is 2.78. The van der Waals surface area contributed by atoms with Crippen molar-refractivity contribution in [2.45, 2.75) is 39.0 Å². The maximum Gasteiger partial charge on any atom is 0.0763 e. The maximum atomic E-state index is 6.16. The molecule has 0 aromatic heterocycles. The number of nitrogens with two attached hydrogens (primary N) is 1. The van der Waals surface area contributed by atoms with E-state index < -0.39 is 0 Å². The second-order valence-electron chi connectivity index (χ2n) is 5.12. The van der Waals surface area contributed by atoms with Gasteiger partial charge in [-0.25, -0.2) is 0 Å². The molecule has 0 aliphatic heterocycles. The third kappa shape index (κ3) is 2.68. The number of anilines is 2. The van der Waals surface area contributed by atoms with Crippen molar-refractivity contribution in [1.29, 1.82) is 0 Å². The van der Waals surface area contributed by atoms with Crippen molar-refractivity contribution in [2.24, 2.45) is 5.41 Å². The third-order valence-electron chi connectivity index (χ3n) is 4.10. The maximum absolute atomic E-state index is 6.16. The molecule has 3 heteroatoms. The highest BCUT2D eigenvalue weighted by Crippen LogP contribution is 2.41. The van der Waals surface area contributed by atoms with Crippen molar-refractivity contribution in [2.75, 3.05) is 17.6 Å². The van der Waals surface area contributed by atoms with Gasteiger partial charge in [0.05, 0.1) is 16.4 Å². The van der Waals surface area contributed by atoms with Crippen LogP contribution in [0.25, 0.3) is 0 Å². The lowest BCUT2D eigenvalue weighted by atomic mass is 9.83. The number of rotatable bonds is 4. The molecule has 3 N–H and O–H groups in total. The van der Waals surface area contributed by atoms with Crippen LogP contribution in [0.3, 0.4) is 0 Å². The minimum atomic E-state index is 0.450. The van der Waals surface area contributed by atoms with Crippen LogP contribution >= 0.6 is 11.6 Å². The van der Waals surface area contributed by atoms with Crippen LogP contribution in [0.4, 0.5) is 11.4 Å². The van der Waals surface area contributed by atoms with Gasteiger partial charge in [-0.1, -0.05) is 37.4 Å². The SMILES string of the molecule is CCC1(CNc2c(N)cccc2Cl)CCCC1. The molecule has 2 rings (SSSR count). The van der Waals surface area contributed by atoms with E-state index in [1.54, 1.807) is 0 Å². The molecule has 1 saturated carbocycles. The first-order valence-electron chi connectivity index (χ1n) is 6.45. The summed E-state index contributed by atoms with van der Waals surface area (Å²) in [5.74, 6) is 0. The van der Waals surface area contributed by atoms with Crippen LogP contribution in [-0.2, 0) is 0 Å². The molecule has 0 unspecified atom stereocenters. The van der Waals surface area contributed by atoms with E-state index in [0.717, 1.165) is 17.9 Å². The molecule has 17 heavy (non-hydrogen) atoms. The van der Waals surface area contributed by atoms with Crippen molar-refractivity contribution < 1.29 is 0 Å². The van der Waals surface area contributed by atoms with Gasteiger partial charge in [-0.2, -0.15) is 0 Å². The average molecular weight is 253 g/mol. The molecular formula is C14H21ClN2. The molecule has 0 spiro atoms. The summed E-state index contributed by atoms with van der Waals surface area (Å²) in [6.07, 6.45) is 6.58. The summed E-state index contributed by atoms with van der Waals surface area (Å²) in [7, 11) is 0. The average Bonchev–Trinajstić information content (AvgIpc) is 2.78. The Morgan fingerprint density at radius 2 is 2.06 bits per heavy atom. The fourth-order valence-corrected chi connectivity index (χ4v) is 3.03. The summed E-state index contributed by atoms with van der Waals surface area (Å²) in [4.78, 5) is 0. The molecule has 0 bridgehead atoms. The Labute approximate surface area is 109 Å². The van der Waals surface area contributed by atoms with Gasteiger partial charge in [0.2, 0.25) is 0 Å². The minimum absolute atomic E-state index is 0.450. The van der Waals surface area contributed by atoms with Crippen LogP contribution in [0.5, 0.6) is 0 Å². The summed E-state index contributed by atoms with van der Waals surface area (Å²) < 4.78 is 0. The molecule has 0 atom stereocenters. The molecule has 94 valence electrons. The zero-order chi connectivity index (χ0) is 12.3. The first-order valence-corrected chi connectivity index (χ1v) is 6.82. The molecule has 1 aromatic rings. The van der Waals surface area contributed by atoms with Crippen LogP contribution in [0.1, 0.15) is 39.0 Å². The quantitative estimate of drug-likeness (QED) is 0.784. The van der Waals surface area contributed by atoms with E-state index in [-0.39, 0.29) is 0 Å². The zero-order valence-corrected chi connectivity index (χ0v) is 11.2. The Balaban J connectivity index is 2.06. The Kier molecular flexibility index (Phi) is 3.82. The van der Waals surface area contributed by atoms with E-state index in [9.17, 15) is 0 Å². The topological polar surface area (TPSA) is 38.0 Å². The van der Waals surface area contributed by atoms with Crippen molar-refractivity contribution in [3.8, 4) is 0 Å². The Morgan fingerprint density at radius 3 is 2.65 bits per heavy atom. The molecule has 1 aromatic carbocycles. The summed E-state index contributed by atoms with van der Waals surface area (Å²) in [6, 6.07) is 5.66. The van der Waals surface area contributed by atoms with Crippen molar-refractivity contribution >= 4 is 23.0 Å². The smallest absolute Gasteiger partial charge is 0.0763 e. The lowest BCUT2D eigenvalue weighted by Gasteiger charge is -2.28. The highest BCUT2D eigenvalue weighted by atomic mass is 35.5. The van der Waals surface area contributed by atoms with E-state index in [2.05, 4.69) is 12.2 Å². The molecular weight excluding hydrogens is 232 g/mol. The highest BCUT2D eigenvalue weighted by molar-refractivity contribution is 6.33. The normalized spacial score (nSPS) is 18.2. The fraction of sp³-hybridized carbons (Fsp3) is 0.571. The van der Waals surface area contributed by atoms with Gasteiger partial charge in [0.15, 0.2) is 0 Å². The number of halogens is 1. The van der Waals surface area contributed by atoms with Crippen molar-refractivity contribution in [1.82, 2.24) is 0 Å². The molecule has 0 saturated heterocycles. The lowest BCUT2D eigenvalue weighted by Crippen LogP contribution is -2.26. The number of nitrogen functional groups attached to an aromatic ring is 1. The van der Waals surface area contributed by atoms with E-state index >= 15 is 0 Å². The van der Waals surface area contributed by atoms with Crippen LogP contribution in [-0.4, -0.2) is 6.54 Å². The monoisotopic (exact) mass is 252 g/mol. The molecule has 1 aliphatic carbocycles. The molecule has 1 aliphatic rings. The number of nitrogens with one attached hydrogen (secondary N) is 1. The molecule has 0 radical (unpaired) electrons. The van der Waals surface area contributed by atoms with Crippen molar-refractivity contribution in [3.63, 3.8) is 0 Å². The third-order valence-corrected chi connectivity index (χ3v) is 4.42. The van der Waals surface area contributed by atoms with Gasteiger partial charge in [0.25, 0.3) is 0 Å². The van der Waals surface area contributed by atoms with Crippen molar-refractivity contribution in [3.05, 3.63) is 23.2 Å². The predicted octanol–water partition coefficient (Wildman–Crippen LogP) is 4.30. The number of hydrogen-bond donors (Lipinski definition) is 2. The standard InChI is InChI=1S/C14H21ClN2/c1-2-14(8-3-4-9-14)10-17-13-11(15)6-5-7-12(13)16/h5-7,17H,2-4,8-10,16H2,1H3. The highest BCUT2D eigenvalue weighted by Gasteiger charge is 2.31. The zero-order valence-electron chi connectivity index (χ0n) is 10.4. The number of benzene rings is 1. The molecule has 1 fully saturated rings. The second kappa shape index (κ2) is 5.18. The summed E-state index contributed by atoms with van der Waals surface area (Å²) in [6.45, 7) is 3.26. The predicted molar refractivity (Wildman–Crippen MR) is 75.5 cm³/mol. The molecule has 0 heterocycles. The Bertz CT molecular complexity index is 364. The second-order valence-corrected chi connectivity index (χ2v) is 5.53. The number of para-hydroxylation sites is 1. The molecule has 2 nitrogen and oxygen atoms in total. The van der Waals surface area contributed by atoms with Crippen LogP contribution in [0, 0.1) is 5.41 Å². The van der Waals surface area contributed by atoms with Crippen LogP contribution in [0.2, 0.25) is 5.02 Å². The van der Waals surface area contributed by atoms with Crippen LogP contribution < -0.4 is 11.1 Å². The van der Waals surface area contributed by atoms with E-state index in [1.807, 2.05) is 18.2 Å². The van der Waals surface area contributed by atoms with E-state index in [0.29, 0.717) is 10.4 Å². The molecule has 0 amide bonds. The Hall–Kier alpha value is -0.890. The first kappa shape index (κ1) is 12.6. The largest absolute Gasteiger partial charge is 0.397 e. The van der Waals surface area contributed by atoms with E-state index in [1.165, 1.54) is 32.1 Å². The minimum Gasteiger partial charge on any atom is -0.397 e. The summed E-state index contributed by atoms with van der Waals surface area (Å²) in [5, 5.41) is 4.17. The first-order chi connectivity index (χ1) is 8.17. The van der Waals surface area contributed by atoms with E-state index in [4.69, 9.17) is 17.3 Å². The van der Waals surface area contributed by atoms with Gasteiger partial charge in [0.1, 0.15) is 0 Å². The summed E-state index contributed by atoms with van der Waals surface area (Å²) >= 11 is 6.16. The van der Waals surface area contributed by atoms with Gasteiger partial charge < -0.3 is 11.1 Å². The van der Waals surface area contributed by atoms with Gasteiger partial charge in [-0.15, -0.1) is 0 Å². The summed E-state index contributed by atoms with van der Waals surface area (Å²) in [5.41, 5.74) is 8.03. The van der Waals surface area contributed by atoms with Gasteiger partial charge in [-0.3, -0.25) is 0 Å². The number of hydrogen-bond acceptors (Lipinski definition) is 2.